The van der Waals surface area contributed by atoms with Gasteiger partial charge in [-0.15, -0.1) is 0 Å². The first-order valence-corrected chi connectivity index (χ1v) is 4.94. The van der Waals surface area contributed by atoms with Gasteiger partial charge in [0.2, 0.25) is 0 Å². The average Bonchev–Trinajstić information content (AvgIpc) is 1.98. The van der Waals surface area contributed by atoms with E-state index in [9.17, 15) is 0 Å². The Morgan fingerprint density at radius 2 is 1.67 bits per heavy atom. The summed E-state index contributed by atoms with van der Waals surface area (Å²) in [6.07, 6.45) is 3.06. The molecule has 0 amide bonds. The summed E-state index contributed by atoms with van der Waals surface area (Å²) < 4.78 is 0. The van der Waals surface area contributed by atoms with Crippen LogP contribution < -0.4 is 0 Å². The molecule has 0 saturated heterocycles. The molecule has 2 atom stereocenters. The maximum absolute atomic E-state index is 8.43. The molecule has 0 fully saturated rings. The Labute approximate surface area is 76.8 Å². The molecule has 0 aliphatic heterocycles. The van der Waals surface area contributed by atoms with Gasteiger partial charge in [-0.3, -0.25) is 0 Å². The van der Waals surface area contributed by atoms with E-state index in [2.05, 4.69) is 33.8 Å². The zero-order chi connectivity index (χ0) is 9.56. The molecule has 70 valence electrons. The lowest BCUT2D eigenvalue weighted by Crippen LogP contribution is -2.10. The first-order valence-electron chi connectivity index (χ1n) is 4.94. The fraction of sp³-hybridized carbons (Fsp3) is 0.909. The molecule has 0 N–H and O–H groups in total. The normalized spacial score (nSPS) is 15.7. The molecule has 1 nitrogen and oxygen atoms in total. The third-order valence-electron chi connectivity index (χ3n) is 2.53. The fourth-order valence-electron chi connectivity index (χ4n) is 1.55. The van der Waals surface area contributed by atoms with Gasteiger partial charge in [0.05, 0.1) is 6.07 Å². The van der Waals surface area contributed by atoms with E-state index in [1.165, 1.54) is 6.42 Å². The second kappa shape index (κ2) is 6.06. The zero-order valence-electron chi connectivity index (χ0n) is 8.80. The van der Waals surface area contributed by atoms with Crippen molar-refractivity contribution in [1.82, 2.24) is 0 Å². The number of nitrogens with zero attached hydrogens (tertiary/aromatic N) is 1. The molecule has 0 saturated carbocycles. The lowest BCUT2D eigenvalue weighted by molar-refractivity contribution is 0.311. The molecule has 0 aliphatic rings. The molecule has 0 aliphatic carbocycles. The standard InChI is InChI=1S/C11H21N/c1-9(2)8-11(4)10(3)6-5-7-12/h9-11H,5-6,8H2,1-4H3. The van der Waals surface area contributed by atoms with E-state index in [1.54, 1.807) is 0 Å². The van der Waals surface area contributed by atoms with Crippen molar-refractivity contribution in [3.8, 4) is 6.07 Å². The Hall–Kier alpha value is -0.510. The van der Waals surface area contributed by atoms with Crippen LogP contribution in [-0.2, 0) is 0 Å². The Balaban J connectivity index is 3.62. The predicted octanol–water partition coefficient (Wildman–Crippen LogP) is 3.61. The molecule has 0 radical (unpaired) electrons. The molecule has 1 heteroatoms. The lowest BCUT2D eigenvalue weighted by atomic mass is 9.85. The molecule has 0 bridgehead atoms. The van der Waals surface area contributed by atoms with Gasteiger partial charge in [-0.05, 0) is 30.6 Å². The largest absolute Gasteiger partial charge is 0.198 e. The van der Waals surface area contributed by atoms with E-state index in [0.29, 0.717) is 12.3 Å². The van der Waals surface area contributed by atoms with Gasteiger partial charge in [-0.25, -0.2) is 0 Å². The highest BCUT2D eigenvalue weighted by molar-refractivity contribution is 4.73. The maximum Gasteiger partial charge on any atom is 0.0621 e. The molecule has 0 rings (SSSR count). The van der Waals surface area contributed by atoms with Crippen molar-refractivity contribution in [2.45, 2.75) is 47.0 Å². The quantitative estimate of drug-likeness (QED) is 0.613. The van der Waals surface area contributed by atoms with Crippen molar-refractivity contribution in [3.63, 3.8) is 0 Å². The highest BCUT2D eigenvalue weighted by Crippen LogP contribution is 2.23. The summed E-state index contributed by atoms with van der Waals surface area (Å²) in [4.78, 5) is 0. The number of hydrogen-bond acceptors (Lipinski definition) is 1. The molecular formula is C11H21N. The minimum absolute atomic E-state index is 0.701. The van der Waals surface area contributed by atoms with Crippen LogP contribution in [0.4, 0.5) is 0 Å². The van der Waals surface area contributed by atoms with Gasteiger partial charge in [-0.1, -0.05) is 27.7 Å². The Kier molecular flexibility index (Phi) is 5.80. The molecule has 0 aromatic carbocycles. The third-order valence-corrected chi connectivity index (χ3v) is 2.53. The van der Waals surface area contributed by atoms with E-state index < -0.39 is 0 Å². The fourth-order valence-corrected chi connectivity index (χ4v) is 1.55. The predicted molar refractivity (Wildman–Crippen MR) is 52.6 cm³/mol. The maximum atomic E-state index is 8.43. The number of nitriles is 1. The molecule has 0 aromatic rings. The van der Waals surface area contributed by atoms with Crippen molar-refractivity contribution in [3.05, 3.63) is 0 Å². The molecule has 0 heterocycles. The van der Waals surface area contributed by atoms with Crippen LogP contribution in [-0.4, -0.2) is 0 Å². The summed E-state index contributed by atoms with van der Waals surface area (Å²) >= 11 is 0. The molecule has 0 aromatic heterocycles. The van der Waals surface area contributed by atoms with Crippen LogP contribution >= 0.6 is 0 Å². The number of rotatable bonds is 5. The van der Waals surface area contributed by atoms with Crippen LogP contribution in [0, 0.1) is 29.1 Å². The van der Waals surface area contributed by atoms with Crippen LogP contribution in [0.1, 0.15) is 47.0 Å². The SMILES string of the molecule is CC(C)CC(C)C(C)CCC#N. The van der Waals surface area contributed by atoms with Crippen LogP contribution in [0.3, 0.4) is 0 Å². The van der Waals surface area contributed by atoms with Gasteiger partial charge in [0.1, 0.15) is 0 Å². The third kappa shape index (κ3) is 5.18. The smallest absolute Gasteiger partial charge is 0.0621 e. The topological polar surface area (TPSA) is 23.8 Å². The molecule has 12 heavy (non-hydrogen) atoms. The van der Waals surface area contributed by atoms with Gasteiger partial charge >= 0.3 is 0 Å². The van der Waals surface area contributed by atoms with Crippen LogP contribution in [0.2, 0.25) is 0 Å². The van der Waals surface area contributed by atoms with Crippen molar-refractivity contribution in [2.24, 2.45) is 17.8 Å². The highest BCUT2D eigenvalue weighted by Gasteiger charge is 2.12. The molecular weight excluding hydrogens is 146 g/mol. The van der Waals surface area contributed by atoms with Crippen molar-refractivity contribution in [2.75, 3.05) is 0 Å². The first kappa shape index (κ1) is 11.5. The number of hydrogen-bond donors (Lipinski definition) is 0. The van der Waals surface area contributed by atoms with Gasteiger partial charge in [0.25, 0.3) is 0 Å². The lowest BCUT2D eigenvalue weighted by Gasteiger charge is -2.20. The van der Waals surface area contributed by atoms with E-state index in [4.69, 9.17) is 5.26 Å². The van der Waals surface area contributed by atoms with E-state index in [0.717, 1.165) is 18.3 Å². The monoisotopic (exact) mass is 167 g/mol. The molecule has 0 spiro atoms. The summed E-state index contributed by atoms with van der Waals surface area (Å²) in [7, 11) is 0. The van der Waals surface area contributed by atoms with Gasteiger partial charge < -0.3 is 0 Å². The van der Waals surface area contributed by atoms with Crippen LogP contribution in [0.5, 0.6) is 0 Å². The molecule has 2 unspecified atom stereocenters. The Morgan fingerprint density at radius 1 is 1.08 bits per heavy atom. The summed E-state index contributed by atoms with van der Waals surface area (Å²) in [6.45, 7) is 9.06. The van der Waals surface area contributed by atoms with E-state index in [-0.39, 0.29) is 0 Å². The van der Waals surface area contributed by atoms with Gasteiger partial charge in [-0.2, -0.15) is 5.26 Å². The van der Waals surface area contributed by atoms with Crippen LogP contribution in [0.15, 0.2) is 0 Å². The summed E-state index contributed by atoms with van der Waals surface area (Å²) in [5.41, 5.74) is 0. The summed E-state index contributed by atoms with van der Waals surface area (Å²) in [5, 5.41) is 8.43. The first-order chi connectivity index (χ1) is 5.57. The summed E-state index contributed by atoms with van der Waals surface area (Å²) in [5.74, 6) is 2.25. The van der Waals surface area contributed by atoms with Crippen molar-refractivity contribution >= 4 is 0 Å². The second-order valence-electron chi connectivity index (χ2n) is 4.28. The van der Waals surface area contributed by atoms with E-state index >= 15 is 0 Å². The highest BCUT2D eigenvalue weighted by atomic mass is 14.2. The minimum Gasteiger partial charge on any atom is -0.198 e. The zero-order valence-corrected chi connectivity index (χ0v) is 8.80. The van der Waals surface area contributed by atoms with Crippen molar-refractivity contribution < 1.29 is 0 Å². The van der Waals surface area contributed by atoms with E-state index in [1.807, 2.05) is 0 Å². The Bertz CT molecular complexity index is 144. The van der Waals surface area contributed by atoms with Crippen molar-refractivity contribution in [1.29, 1.82) is 5.26 Å². The summed E-state index contributed by atoms with van der Waals surface area (Å²) in [6, 6.07) is 2.21. The van der Waals surface area contributed by atoms with Gasteiger partial charge in [0.15, 0.2) is 0 Å². The second-order valence-corrected chi connectivity index (χ2v) is 4.28. The average molecular weight is 167 g/mol. The van der Waals surface area contributed by atoms with Crippen LogP contribution in [0.25, 0.3) is 0 Å². The Morgan fingerprint density at radius 3 is 2.08 bits per heavy atom. The van der Waals surface area contributed by atoms with Gasteiger partial charge in [0, 0.05) is 6.42 Å². The minimum atomic E-state index is 0.701.